The number of aromatic nitrogens is 2. The number of likely N-dealkylation sites (tertiary alicyclic amines) is 2. The normalized spacial score (nSPS) is 20.3. The summed E-state index contributed by atoms with van der Waals surface area (Å²) in [5.41, 5.74) is 2.31. The number of hydrogen-bond acceptors (Lipinski definition) is 3. The van der Waals surface area contributed by atoms with E-state index in [1.165, 1.54) is 5.52 Å². The second-order valence-corrected chi connectivity index (χ2v) is 7.68. The van der Waals surface area contributed by atoms with Crippen LogP contribution in [0.15, 0.2) is 24.3 Å². The topological polar surface area (TPSA) is 41.4 Å². The van der Waals surface area contributed by atoms with E-state index in [0.717, 1.165) is 63.2 Å². The summed E-state index contributed by atoms with van der Waals surface area (Å²) in [6.07, 6.45) is 3.97. The number of nitrogens with zero attached hydrogens (tertiary/aromatic N) is 4. The summed E-state index contributed by atoms with van der Waals surface area (Å²) in [6, 6.07) is 9.27. The van der Waals surface area contributed by atoms with Gasteiger partial charge in [-0.25, -0.2) is 4.98 Å². The Labute approximate surface area is 149 Å². The Hall–Kier alpha value is -1.88. The highest BCUT2D eigenvalue weighted by Gasteiger charge is 2.31. The number of para-hydroxylation sites is 2. The molecule has 5 nitrogen and oxygen atoms in total. The van der Waals surface area contributed by atoms with Gasteiger partial charge in [0, 0.05) is 38.1 Å². The molecule has 0 bridgehead atoms. The predicted molar refractivity (Wildman–Crippen MR) is 99.4 cm³/mol. The number of carbonyl (C=O) groups excluding carboxylic acids is 1. The zero-order chi connectivity index (χ0) is 17.4. The van der Waals surface area contributed by atoms with Crippen molar-refractivity contribution in [3.63, 3.8) is 0 Å². The molecule has 1 aromatic carbocycles. The van der Waals surface area contributed by atoms with Crippen molar-refractivity contribution in [2.75, 3.05) is 19.6 Å². The third kappa shape index (κ3) is 3.17. The van der Waals surface area contributed by atoms with Crippen molar-refractivity contribution in [3.05, 3.63) is 30.1 Å². The maximum atomic E-state index is 12.0. The van der Waals surface area contributed by atoms with Crippen LogP contribution in [0.1, 0.15) is 51.4 Å². The first-order valence-electron chi connectivity index (χ1n) is 9.61. The minimum absolute atomic E-state index is 0.361. The largest absolute Gasteiger partial charge is 0.340 e. The summed E-state index contributed by atoms with van der Waals surface area (Å²) in [5, 5.41) is 0. The smallest absolute Gasteiger partial charge is 0.222 e. The molecule has 5 heteroatoms. The second-order valence-electron chi connectivity index (χ2n) is 7.68. The van der Waals surface area contributed by atoms with Gasteiger partial charge in [-0.1, -0.05) is 12.1 Å². The van der Waals surface area contributed by atoms with Gasteiger partial charge in [-0.15, -0.1) is 0 Å². The molecule has 0 aliphatic carbocycles. The van der Waals surface area contributed by atoms with Crippen LogP contribution in [0.25, 0.3) is 11.0 Å². The van der Waals surface area contributed by atoms with E-state index in [-0.39, 0.29) is 0 Å². The lowest BCUT2D eigenvalue weighted by molar-refractivity contribution is -0.130. The van der Waals surface area contributed by atoms with Crippen LogP contribution in [0, 0.1) is 0 Å². The van der Waals surface area contributed by atoms with Crippen LogP contribution in [0.3, 0.4) is 0 Å². The van der Waals surface area contributed by atoms with Crippen molar-refractivity contribution < 1.29 is 4.79 Å². The zero-order valence-corrected chi connectivity index (χ0v) is 15.3. The molecule has 2 saturated heterocycles. The van der Waals surface area contributed by atoms with Gasteiger partial charge in [-0.05, 0) is 45.2 Å². The van der Waals surface area contributed by atoms with Crippen molar-refractivity contribution in [1.29, 1.82) is 0 Å². The molecule has 25 heavy (non-hydrogen) atoms. The molecular weight excluding hydrogens is 312 g/mol. The van der Waals surface area contributed by atoms with Gasteiger partial charge in [-0.2, -0.15) is 0 Å². The van der Waals surface area contributed by atoms with Gasteiger partial charge < -0.3 is 9.47 Å². The fraction of sp³-hybridized carbons (Fsp3) is 0.600. The molecule has 1 aromatic heterocycles. The SMILES string of the molecule is CC(C)n1c(CN2CCC(N3CCCC3=O)CC2)nc2ccccc21. The molecule has 4 rings (SSSR count). The molecule has 0 atom stereocenters. The quantitative estimate of drug-likeness (QED) is 0.858. The highest BCUT2D eigenvalue weighted by Crippen LogP contribution is 2.25. The van der Waals surface area contributed by atoms with Crippen molar-refractivity contribution in [1.82, 2.24) is 19.4 Å². The van der Waals surface area contributed by atoms with E-state index >= 15 is 0 Å². The lowest BCUT2D eigenvalue weighted by atomic mass is 10.0. The molecular formula is C20H28N4O. The van der Waals surface area contributed by atoms with Gasteiger partial charge in [0.1, 0.15) is 5.82 Å². The Morgan fingerprint density at radius 2 is 1.92 bits per heavy atom. The van der Waals surface area contributed by atoms with Gasteiger partial charge in [-0.3, -0.25) is 9.69 Å². The van der Waals surface area contributed by atoms with E-state index in [1.54, 1.807) is 0 Å². The molecule has 2 fully saturated rings. The van der Waals surface area contributed by atoms with Crippen LogP contribution < -0.4 is 0 Å². The Bertz CT molecular complexity index is 758. The molecule has 1 amide bonds. The summed E-state index contributed by atoms with van der Waals surface area (Å²) in [6.45, 7) is 8.41. The van der Waals surface area contributed by atoms with E-state index in [9.17, 15) is 4.79 Å². The number of benzene rings is 1. The van der Waals surface area contributed by atoms with E-state index in [2.05, 4.69) is 52.5 Å². The molecule has 3 heterocycles. The van der Waals surface area contributed by atoms with Crippen LogP contribution in [0.5, 0.6) is 0 Å². The van der Waals surface area contributed by atoms with Crippen LogP contribution in [-0.2, 0) is 11.3 Å². The van der Waals surface area contributed by atoms with Crippen LogP contribution >= 0.6 is 0 Å². The van der Waals surface area contributed by atoms with Crippen LogP contribution in [0.2, 0.25) is 0 Å². The fourth-order valence-electron chi connectivity index (χ4n) is 4.43. The van der Waals surface area contributed by atoms with Crippen molar-refractivity contribution >= 4 is 16.9 Å². The number of amides is 1. The second kappa shape index (κ2) is 6.79. The number of hydrogen-bond donors (Lipinski definition) is 0. The van der Waals surface area contributed by atoms with Crippen LogP contribution in [0.4, 0.5) is 0 Å². The number of fused-ring (bicyclic) bond motifs is 1. The van der Waals surface area contributed by atoms with Gasteiger partial charge in [0.25, 0.3) is 0 Å². The Morgan fingerprint density at radius 1 is 1.16 bits per heavy atom. The molecule has 2 aromatic rings. The number of imidazole rings is 1. The average Bonchev–Trinajstić information content (AvgIpc) is 3.18. The fourth-order valence-corrected chi connectivity index (χ4v) is 4.43. The maximum absolute atomic E-state index is 12.0. The Morgan fingerprint density at radius 3 is 2.60 bits per heavy atom. The number of rotatable bonds is 4. The first kappa shape index (κ1) is 16.6. The van der Waals surface area contributed by atoms with E-state index in [4.69, 9.17) is 4.98 Å². The molecule has 0 saturated carbocycles. The van der Waals surface area contributed by atoms with Gasteiger partial charge in [0.15, 0.2) is 0 Å². The molecule has 0 N–H and O–H groups in total. The summed E-state index contributed by atoms with van der Waals surface area (Å²) < 4.78 is 2.37. The predicted octanol–water partition coefficient (Wildman–Crippen LogP) is 3.20. The summed E-state index contributed by atoms with van der Waals surface area (Å²) >= 11 is 0. The van der Waals surface area contributed by atoms with Crippen LogP contribution in [-0.4, -0.2) is 50.9 Å². The third-order valence-corrected chi connectivity index (χ3v) is 5.66. The Kier molecular flexibility index (Phi) is 4.50. The molecule has 134 valence electrons. The van der Waals surface area contributed by atoms with E-state index < -0.39 is 0 Å². The van der Waals surface area contributed by atoms with E-state index in [0.29, 0.717) is 18.0 Å². The highest BCUT2D eigenvalue weighted by molar-refractivity contribution is 5.78. The van der Waals surface area contributed by atoms with Crippen molar-refractivity contribution in [3.8, 4) is 0 Å². The first-order valence-corrected chi connectivity index (χ1v) is 9.61. The van der Waals surface area contributed by atoms with E-state index in [1.807, 2.05) is 0 Å². The molecule has 2 aliphatic rings. The molecule has 2 aliphatic heterocycles. The van der Waals surface area contributed by atoms with Crippen molar-refractivity contribution in [2.24, 2.45) is 0 Å². The number of carbonyl (C=O) groups is 1. The lowest BCUT2D eigenvalue weighted by Gasteiger charge is -2.36. The number of piperidine rings is 1. The molecule has 0 radical (unpaired) electrons. The molecule has 0 spiro atoms. The maximum Gasteiger partial charge on any atom is 0.222 e. The summed E-state index contributed by atoms with van der Waals surface area (Å²) in [5.74, 6) is 1.52. The Balaban J connectivity index is 1.46. The zero-order valence-electron chi connectivity index (χ0n) is 15.3. The highest BCUT2D eigenvalue weighted by atomic mass is 16.2. The monoisotopic (exact) mass is 340 g/mol. The lowest BCUT2D eigenvalue weighted by Crippen LogP contribution is -2.45. The minimum Gasteiger partial charge on any atom is -0.340 e. The molecule has 0 unspecified atom stereocenters. The van der Waals surface area contributed by atoms with Gasteiger partial charge in [0.05, 0.1) is 17.6 Å². The van der Waals surface area contributed by atoms with Gasteiger partial charge in [0.2, 0.25) is 5.91 Å². The average molecular weight is 340 g/mol. The van der Waals surface area contributed by atoms with Crippen molar-refractivity contribution in [2.45, 2.75) is 58.2 Å². The minimum atomic E-state index is 0.361. The first-order chi connectivity index (χ1) is 12.1. The standard InChI is InChI=1S/C20H28N4O/c1-15(2)24-18-7-4-3-6-17(18)21-19(24)14-22-12-9-16(10-13-22)23-11-5-8-20(23)25/h3-4,6-7,15-16H,5,8-14H2,1-2H3. The van der Waals surface area contributed by atoms with Gasteiger partial charge >= 0.3 is 0 Å². The summed E-state index contributed by atoms with van der Waals surface area (Å²) in [7, 11) is 0. The third-order valence-electron chi connectivity index (χ3n) is 5.66. The summed E-state index contributed by atoms with van der Waals surface area (Å²) in [4.78, 5) is 21.5.